The topological polar surface area (TPSA) is 56.2 Å². The summed E-state index contributed by atoms with van der Waals surface area (Å²) in [7, 11) is 0. The maximum atomic E-state index is 6.01. The largest absolute Gasteiger partial charge is 0.323 e. The number of halogens is 1. The molecule has 0 bridgehead atoms. The molecule has 16 heavy (non-hydrogen) atoms. The van der Waals surface area contributed by atoms with Gasteiger partial charge in [-0.25, -0.2) is 9.50 Å². The smallest absolute Gasteiger partial charge is 0.157 e. The van der Waals surface area contributed by atoms with Crippen molar-refractivity contribution in [2.75, 3.05) is 0 Å². The highest BCUT2D eigenvalue weighted by molar-refractivity contribution is 6.30. The van der Waals surface area contributed by atoms with E-state index in [1.165, 1.54) is 0 Å². The normalized spacial score (nSPS) is 13.2. The Bertz CT molecular complexity index is 467. The second-order valence-corrected chi connectivity index (χ2v) is 4.34. The first kappa shape index (κ1) is 11.4. The van der Waals surface area contributed by atoms with Gasteiger partial charge in [0.25, 0.3) is 0 Å². The molecule has 2 N–H and O–H groups in total. The molecule has 0 saturated carbocycles. The summed E-state index contributed by atoms with van der Waals surface area (Å²) in [6.45, 7) is 4.01. The molecule has 1 atom stereocenters. The van der Waals surface area contributed by atoms with E-state index in [1.807, 2.05) is 19.2 Å². The lowest BCUT2D eigenvalue weighted by atomic mass is 10.1. The molecule has 2 heterocycles. The summed E-state index contributed by atoms with van der Waals surface area (Å²) in [5.74, 6) is 0. The summed E-state index contributed by atoms with van der Waals surface area (Å²) in [6, 6.07) is 1.87. The van der Waals surface area contributed by atoms with E-state index in [2.05, 4.69) is 17.0 Å². The molecule has 5 heteroatoms. The molecule has 2 rings (SSSR count). The van der Waals surface area contributed by atoms with Crippen LogP contribution < -0.4 is 5.73 Å². The Morgan fingerprint density at radius 1 is 1.56 bits per heavy atom. The van der Waals surface area contributed by atoms with Gasteiger partial charge in [0.1, 0.15) is 5.15 Å². The van der Waals surface area contributed by atoms with Crippen LogP contribution >= 0.6 is 11.6 Å². The Labute approximate surface area is 99.4 Å². The molecule has 4 nitrogen and oxygen atoms in total. The lowest BCUT2D eigenvalue weighted by Crippen LogP contribution is -2.10. The molecule has 0 fully saturated rings. The minimum Gasteiger partial charge on any atom is -0.323 e. The maximum Gasteiger partial charge on any atom is 0.157 e. The summed E-state index contributed by atoms with van der Waals surface area (Å²) >= 11 is 5.95. The fourth-order valence-electron chi connectivity index (χ4n) is 1.65. The van der Waals surface area contributed by atoms with Crippen LogP contribution in [0.25, 0.3) is 5.65 Å². The highest BCUT2D eigenvalue weighted by atomic mass is 35.5. The number of hydrogen-bond donors (Lipinski definition) is 1. The molecule has 0 radical (unpaired) electrons. The Morgan fingerprint density at radius 2 is 2.31 bits per heavy atom. The first-order valence-corrected chi connectivity index (χ1v) is 5.77. The van der Waals surface area contributed by atoms with E-state index in [-0.39, 0.29) is 6.04 Å². The quantitative estimate of drug-likeness (QED) is 0.836. The summed E-state index contributed by atoms with van der Waals surface area (Å²) in [5.41, 5.74) is 8.54. The third-order valence-corrected chi connectivity index (χ3v) is 2.95. The van der Waals surface area contributed by atoms with Gasteiger partial charge in [-0.05, 0) is 13.3 Å². The van der Waals surface area contributed by atoms with Gasteiger partial charge in [-0.3, -0.25) is 0 Å². The van der Waals surface area contributed by atoms with Gasteiger partial charge >= 0.3 is 0 Å². The van der Waals surface area contributed by atoms with Crippen molar-refractivity contribution in [2.45, 2.75) is 32.7 Å². The first-order valence-electron chi connectivity index (χ1n) is 5.39. The van der Waals surface area contributed by atoms with Gasteiger partial charge in [-0.15, -0.1) is 0 Å². The van der Waals surface area contributed by atoms with Crippen molar-refractivity contribution in [2.24, 2.45) is 5.73 Å². The van der Waals surface area contributed by atoms with Crippen molar-refractivity contribution in [1.82, 2.24) is 14.6 Å². The number of hydrogen-bond acceptors (Lipinski definition) is 3. The molecule has 2 aromatic heterocycles. The molecule has 0 aliphatic heterocycles. The van der Waals surface area contributed by atoms with Crippen LogP contribution in [-0.4, -0.2) is 14.6 Å². The molecule has 2 aromatic rings. The lowest BCUT2D eigenvalue weighted by molar-refractivity contribution is 0.615. The minimum atomic E-state index is -0.0224. The number of rotatable bonds is 3. The summed E-state index contributed by atoms with van der Waals surface area (Å²) < 4.78 is 1.73. The van der Waals surface area contributed by atoms with Crippen molar-refractivity contribution in [3.8, 4) is 0 Å². The van der Waals surface area contributed by atoms with Crippen molar-refractivity contribution < 1.29 is 0 Å². The van der Waals surface area contributed by atoms with Gasteiger partial charge < -0.3 is 5.73 Å². The molecule has 0 aliphatic rings. The first-order chi connectivity index (χ1) is 7.61. The Morgan fingerprint density at radius 3 is 3.00 bits per heavy atom. The second kappa shape index (κ2) is 4.39. The summed E-state index contributed by atoms with van der Waals surface area (Å²) in [4.78, 5) is 4.25. The minimum absolute atomic E-state index is 0.0224. The Hall–Kier alpha value is -1.13. The van der Waals surface area contributed by atoms with E-state index in [1.54, 1.807) is 4.52 Å². The van der Waals surface area contributed by atoms with E-state index in [0.717, 1.165) is 29.7 Å². The average molecular weight is 239 g/mol. The van der Waals surface area contributed by atoms with E-state index < -0.39 is 0 Å². The van der Waals surface area contributed by atoms with Gasteiger partial charge in [-0.1, -0.05) is 24.9 Å². The standard InChI is InChI=1S/C11H15ClN4/c1-3-4-8(13)9-5-10-14-11(12)7(2)6-16(10)15-9/h5-6,8H,3-4,13H2,1-2H3/t8-/m0/s1. The molecule has 86 valence electrons. The van der Waals surface area contributed by atoms with Crippen LogP contribution in [0.4, 0.5) is 0 Å². The maximum absolute atomic E-state index is 6.01. The molecule has 0 spiro atoms. The van der Waals surface area contributed by atoms with Crippen LogP contribution in [0.2, 0.25) is 5.15 Å². The molecule has 0 aliphatic carbocycles. The van der Waals surface area contributed by atoms with Crippen LogP contribution in [0.3, 0.4) is 0 Å². The third-order valence-electron chi connectivity index (χ3n) is 2.57. The van der Waals surface area contributed by atoms with Crippen LogP contribution in [0, 0.1) is 6.92 Å². The molecular weight excluding hydrogens is 224 g/mol. The third kappa shape index (κ3) is 2.03. The molecule has 0 saturated heterocycles. The van der Waals surface area contributed by atoms with Crippen molar-refractivity contribution in [1.29, 1.82) is 0 Å². The van der Waals surface area contributed by atoms with Crippen LogP contribution in [0.5, 0.6) is 0 Å². The molecule has 0 amide bonds. The summed E-state index contributed by atoms with van der Waals surface area (Å²) in [6.07, 6.45) is 3.84. The van der Waals surface area contributed by atoms with Gasteiger partial charge in [0.05, 0.1) is 5.69 Å². The zero-order chi connectivity index (χ0) is 11.7. The van der Waals surface area contributed by atoms with Crippen molar-refractivity contribution in [3.63, 3.8) is 0 Å². The van der Waals surface area contributed by atoms with Crippen molar-refractivity contribution in [3.05, 3.63) is 28.7 Å². The SMILES string of the molecule is CCC[C@H](N)c1cc2nc(Cl)c(C)cn2n1. The van der Waals surface area contributed by atoms with Gasteiger partial charge in [0, 0.05) is 23.9 Å². The fraction of sp³-hybridized carbons (Fsp3) is 0.455. The van der Waals surface area contributed by atoms with Gasteiger partial charge in [0.15, 0.2) is 5.65 Å². The van der Waals surface area contributed by atoms with Crippen LogP contribution in [0.1, 0.15) is 37.1 Å². The van der Waals surface area contributed by atoms with E-state index >= 15 is 0 Å². The van der Waals surface area contributed by atoms with E-state index in [9.17, 15) is 0 Å². The van der Waals surface area contributed by atoms with Crippen LogP contribution in [-0.2, 0) is 0 Å². The average Bonchev–Trinajstić information content (AvgIpc) is 2.62. The highest BCUT2D eigenvalue weighted by Gasteiger charge is 2.11. The van der Waals surface area contributed by atoms with Gasteiger partial charge in [-0.2, -0.15) is 5.10 Å². The predicted octanol–water partition coefficient (Wildman–Crippen LogP) is 2.49. The zero-order valence-corrected chi connectivity index (χ0v) is 10.2. The number of aromatic nitrogens is 3. The highest BCUT2D eigenvalue weighted by Crippen LogP contribution is 2.18. The van der Waals surface area contributed by atoms with Crippen molar-refractivity contribution >= 4 is 17.2 Å². The number of nitrogens with zero attached hydrogens (tertiary/aromatic N) is 3. The summed E-state index contributed by atoms with van der Waals surface area (Å²) in [5, 5.41) is 4.92. The molecular formula is C11H15ClN4. The molecule has 0 unspecified atom stereocenters. The van der Waals surface area contributed by atoms with Crippen LogP contribution in [0.15, 0.2) is 12.3 Å². The monoisotopic (exact) mass is 238 g/mol. The van der Waals surface area contributed by atoms with E-state index in [0.29, 0.717) is 5.15 Å². The second-order valence-electron chi connectivity index (χ2n) is 3.98. The number of nitrogens with two attached hydrogens (primary N) is 1. The zero-order valence-electron chi connectivity index (χ0n) is 9.44. The predicted molar refractivity (Wildman–Crippen MR) is 64.6 cm³/mol. The molecule has 0 aromatic carbocycles. The fourth-order valence-corrected chi connectivity index (χ4v) is 1.78. The van der Waals surface area contributed by atoms with Gasteiger partial charge in [0.2, 0.25) is 0 Å². The number of fused-ring (bicyclic) bond motifs is 1. The Balaban J connectivity index is 2.43. The Kier molecular flexibility index (Phi) is 3.12. The lowest BCUT2D eigenvalue weighted by Gasteiger charge is -2.04. The van der Waals surface area contributed by atoms with E-state index in [4.69, 9.17) is 17.3 Å². The number of aryl methyl sites for hydroxylation is 1.